The molecule has 0 spiro atoms. The van der Waals surface area contributed by atoms with Gasteiger partial charge in [0, 0.05) is 19.7 Å². The molecule has 0 aliphatic rings. The first kappa shape index (κ1) is 15.2. The molecule has 0 N–H and O–H groups in total. The van der Waals surface area contributed by atoms with Crippen LogP contribution in [0.1, 0.15) is 25.0 Å². The molecule has 0 saturated carbocycles. The van der Waals surface area contributed by atoms with Crippen LogP contribution in [-0.4, -0.2) is 23.3 Å². The Balaban J connectivity index is 2.56. The zero-order valence-electron chi connectivity index (χ0n) is 11.7. The largest absolute Gasteiger partial charge is 0.384 e. The second-order valence-corrected chi connectivity index (χ2v) is 5.67. The van der Waals surface area contributed by atoms with Crippen molar-refractivity contribution in [2.45, 2.75) is 25.8 Å². The first-order valence-electron chi connectivity index (χ1n) is 6.42. The van der Waals surface area contributed by atoms with Gasteiger partial charge in [-0.2, -0.15) is 0 Å². The Morgan fingerprint density at radius 2 is 2.05 bits per heavy atom. The van der Waals surface area contributed by atoms with Gasteiger partial charge in [0.15, 0.2) is 5.82 Å². The number of hydrogen-bond acceptors (Lipinski definition) is 2. The quantitative estimate of drug-likeness (QED) is 0.783. The number of ether oxygens (including phenoxy) is 1. The van der Waals surface area contributed by atoms with Gasteiger partial charge >= 0.3 is 0 Å². The Kier molecular flexibility index (Phi) is 4.60. The van der Waals surface area contributed by atoms with E-state index in [2.05, 4.69) is 4.98 Å². The van der Waals surface area contributed by atoms with Crippen LogP contribution < -0.4 is 0 Å². The smallest absolute Gasteiger partial charge is 0.153 e. The van der Waals surface area contributed by atoms with Crippen molar-refractivity contribution in [1.82, 2.24) is 9.55 Å². The summed E-state index contributed by atoms with van der Waals surface area (Å²) in [5.41, 5.74) is 0.575. The Labute approximate surface area is 121 Å². The molecule has 1 aromatic carbocycles. The van der Waals surface area contributed by atoms with E-state index in [0.717, 1.165) is 6.07 Å². The second kappa shape index (κ2) is 6.06. The van der Waals surface area contributed by atoms with Gasteiger partial charge in [-0.3, -0.25) is 0 Å². The summed E-state index contributed by atoms with van der Waals surface area (Å²) < 4.78 is 34.1. The van der Waals surface area contributed by atoms with Gasteiger partial charge < -0.3 is 9.30 Å². The Hall–Kier alpha value is -1.20. The van der Waals surface area contributed by atoms with E-state index in [0.29, 0.717) is 24.5 Å². The molecule has 2 unspecified atom stereocenters. The van der Waals surface area contributed by atoms with E-state index >= 15 is 0 Å². The lowest BCUT2D eigenvalue weighted by Gasteiger charge is -2.15. The first-order valence-corrected chi connectivity index (χ1v) is 6.85. The molecule has 0 radical (unpaired) electrons. The summed E-state index contributed by atoms with van der Waals surface area (Å²) in [4.78, 5) is 4.21. The fourth-order valence-electron chi connectivity index (χ4n) is 2.31. The van der Waals surface area contributed by atoms with Crippen LogP contribution in [0.15, 0.2) is 12.1 Å². The van der Waals surface area contributed by atoms with Crippen LogP contribution in [0.5, 0.6) is 0 Å². The number of imidazole rings is 1. The van der Waals surface area contributed by atoms with E-state index in [1.165, 1.54) is 6.07 Å². The zero-order chi connectivity index (χ0) is 14.9. The third kappa shape index (κ3) is 2.94. The highest BCUT2D eigenvalue weighted by molar-refractivity contribution is 6.20. The van der Waals surface area contributed by atoms with Crippen molar-refractivity contribution < 1.29 is 13.5 Å². The lowest BCUT2D eigenvalue weighted by Crippen LogP contribution is -2.15. The number of halogens is 3. The number of rotatable bonds is 5. The average Bonchev–Trinajstić information content (AvgIpc) is 2.69. The van der Waals surface area contributed by atoms with Gasteiger partial charge in [0.05, 0.1) is 17.5 Å². The Morgan fingerprint density at radius 1 is 1.35 bits per heavy atom. The molecule has 3 nitrogen and oxygen atoms in total. The summed E-state index contributed by atoms with van der Waals surface area (Å²) in [7, 11) is 1.62. The highest BCUT2D eigenvalue weighted by Gasteiger charge is 2.19. The molecule has 1 heterocycles. The first-order chi connectivity index (χ1) is 9.43. The molecule has 0 bridgehead atoms. The number of benzene rings is 1. The van der Waals surface area contributed by atoms with Crippen molar-refractivity contribution in [1.29, 1.82) is 0 Å². The molecule has 0 aliphatic carbocycles. The SMILES string of the molecule is COCC(C)Cn1c(C(C)Cl)nc2c(F)cc(F)cc21. The molecule has 1 aromatic heterocycles. The predicted molar refractivity (Wildman–Crippen MR) is 75.0 cm³/mol. The summed E-state index contributed by atoms with van der Waals surface area (Å²) >= 11 is 6.10. The minimum atomic E-state index is -0.670. The number of nitrogens with zero attached hydrogens (tertiary/aromatic N) is 2. The molecule has 0 saturated heterocycles. The van der Waals surface area contributed by atoms with Gasteiger partial charge in [0.2, 0.25) is 0 Å². The highest BCUT2D eigenvalue weighted by Crippen LogP contribution is 2.27. The maximum absolute atomic E-state index is 13.8. The molecule has 6 heteroatoms. The van der Waals surface area contributed by atoms with Crippen molar-refractivity contribution in [3.63, 3.8) is 0 Å². The molecule has 0 fully saturated rings. The van der Waals surface area contributed by atoms with Crippen molar-refractivity contribution in [3.05, 3.63) is 29.6 Å². The summed E-state index contributed by atoms with van der Waals surface area (Å²) in [6, 6.07) is 2.12. The topological polar surface area (TPSA) is 27.1 Å². The van der Waals surface area contributed by atoms with Crippen LogP contribution in [0.2, 0.25) is 0 Å². The van der Waals surface area contributed by atoms with E-state index < -0.39 is 11.6 Å². The maximum atomic E-state index is 13.8. The van der Waals surface area contributed by atoms with Crippen LogP contribution >= 0.6 is 11.6 Å². The molecule has 110 valence electrons. The minimum absolute atomic E-state index is 0.151. The normalized spacial score (nSPS) is 14.7. The van der Waals surface area contributed by atoms with Crippen LogP contribution in [0, 0.1) is 17.6 Å². The van der Waals surface area contributed by atoms with Gasteiger partial charge in [-0.05, 0) is 18.9 Å². The van der Waals surface area contributed by atoms with Crippen molar-refractivity contribution in [2.75, 3.05) is 13.7 Å². The standard InChI is InChI=1S/C14H17ClF2N2O/c1-8(7-20-3)6-19-12-5-10(16)4-11(17)13(12)18-14(19)9(2)15/h4-5,8-9H,6-7H2,1-3H3. The summed E-state index contributed by atoms with van der Waals surface area (Å²) in [5, 5.41) is -0.389. The van der Waals surface area contributed by atoms with Crippen LogP contribution in [0.4, 0.5) is 8.78 Å². The predicted octanol–water partition coefficient (Wildman–Crippen LogP) is 3.90. The molecule has 0 aliphatic heterocycles. The third-order valence-corrected chi connectivity index (χ3v) is 3.30. The highest BCUT2D eigenvalue weighted by atomic mass is 35.5. The van der Waals surface area contributed by atoms with Crippen molar-refractivity contribution in [3.8, 4) is 0 Å². The van der Waals surface area contributed by atoms with E-state index in [-0.39, 0.29) is 16.8 Å². The Bertz CT molecular complexity index is 613. The van der Waals surface area contributed by atoms with Gasteiger partial charge in [-0.1, -0.05) is 6.92 Å². The molecular weight excluding hydrogens is 286 g/mol. The molecule has 2 rings (SSSR count). The van der Waals surface area contributed by atoms with E-state index in [9.17, 15) is 8.78 Å². The van der Waals surface area contributed by atoms with Crippen molar-refractivity contribution in [2.24, 2.45) is 5.92 Å². The number of hydrogen-bond donors (Lipinski definition) is 0. The van der Waals surface area contributed by atoms with Crippen LogP contribution in [-0.2, 0) is 11.3 Å². The maximum Gasteiger partial charge on any atom is 0.153 e. The minimum Gasteiger partial charge on any atom is -0.384 e. The fraction of sp³-hybridized carbons (Fsp3) is 0.500. The molecule has 20 heavy (non-hydrogen) atoms. The summed E-state index contributed by atoms with van der Waals surface area (Å²) in [5.74, 6) is -0.576. The summed E-state index contributed by atoms with van der Waals surface area (Å²) in [6.07, 6.45) is 0. The Morgan fingerprint density at radius 3 is 2.65 bits per heavy atom. The van der Waals surface area contributed by atoms with Gasteiger partial charge in [0.25, 0.3) is 0 Å². The van der Waals surface area contributed by atoms with Crippen molar-refractivity contribution >= 4 is 22.6 Å². The van der Waals surface area contributed by atoms with E-state index in [1.807, 2.05) is 6.92 Å². The zero-order valence-corrected chi connectivity index (χ0v) is 12.4. The van der Waals surface area contributed by atoms with Gasteiger partial charge in [0.1, 0.15) is 17.2 Å². The third-order valence-electron chi connectivity index (χ3n) is 3.10. The molecule has 2 aromatic rings. The van der Waals surface area contributed by atoms with E-state index in [4.69, 9.17) is 16.3 Å². The summed E-state index contributed by atoms with van der Waals surface area (Å²) in [6.45, 7) is 4.84. The molecule has 0 amide bonds. The van der Waals surface area contributed by atoms with Crippen LogP contribution in [0.3, 0.4) is 0 Å². The number of alkyl halides is 1. The van der Waals surface area contributed by atoms with Gasteiger partial charge in [-0.25, -0.2) is 13.8 Å². The van der Waals surface area contributed by atoms with E-state index in [1.54, 1.807) is 18.6 Å². The number of fused-ring (bicyclic) bond motifs is 1. The second-order valence-electron chi connectivity index (χ2n) is 5.01. The lowest BCUT2D eigenvalue weighted by atomic mass is 10.2. The average molecular weight is 303 g/mol. The monoisotopic (exact) mass is 302 g/mol. The number of methoxy groups -OCH3 is 1. The lowest BCUT2D eigenvalue weighted by molar-refractivity contribution is 0.151. The van der Waals surface area contributed by atoms with Crippen LogP contribution in [0.25, 0.3) is 11.0 Å². The molecule has 2 atom stereocenters. The van der Waals surface area contributed by atoms with Gasteiger partial charge in [-0.15, -0.1) is 11.6 Å². The number of aromatic nitrogens is 2. The molecular formula is C14H17ClF2N2O. The fourth-order valence-corrected chi connectivity index (χ4v) is 2.48.